The van der Waals surface area contributed by atoms with Crippen LogP contribution < -0.4 is 0 Å². The summed E-state index contributed by atoms with van der Waals surface area (Å²) in [6.07, 6.45) is 2.92. The average molecular weight is 189 g/mol. The molecule has 0 radical (unpaired) electrons. The predicted molar refractivity (Wildman–Crippen MR) is 42.7 cm³/mol. The third-order valence-electron chi connectivity index (χ3n) is 1.27. The normalized spacial score (nSPS) is 11.5. The van der Waals surface area contributed by atoms with E-state index in [2.05, 4.69) is 4.98 Å². The molecule has 0 saturated carbocycles. The Kier molecular flexibility index (Phi) is 2.42. The van der Waals surface area contributed by atoms with Gasteiger partial charge >= 0.3 is 10.2 Å². The van der Waals surface area contributed by atoms with Gasteiger partial charge in [0.1, 0.15) is 5.75 Å². The molecule has 0 saturated heterocycles. The largest absolute Gasteiger partial charge is 0.306 e. The number of halogens is 1. The number of rotatable bonds is 2. The molecule has 1 aromatic rings. The van der Waals surface area contributed by atoms with Gasteiger partial charge in [0.15, 0.2) is 0 Å². The predicted octanol–water partition coefficient (Wildman–Crippen LogP) is 1.19. The van der Waals surface area contributed by atoms with Crippen molar-refractivity contribution in [2.75, 3.05) is 0 Å². The Morgan fingerprint density at radius 3 is 2.67 bits per heavy atom. The van der Waals surface area contributed by atoms with E-state index in [0.29, 0.717) is 5.56 Å². The summed E-state index contributed by atoms with van der Waals surface area (Å²) in [6.45, 7) is 1.77. The SMILES string of the molecule is Cc1cncc(CS(=O)(=O)F)c1. The molecule has 3 nitrogen and oxygen atoms in total. The fraction of sp³-hybridized carbons (Fsp3) is 0.286. The van der Waals surface area contributed by atoms with Crippen molar-refractivity contribution in [3.05, 3.63) is 29.6 Å². The number of aromatic nitrogens is 1. The first-order chi connectivity index (χ1) is 5.47. The molecule has 0 bridgehead atoms. The van der Waals surface area contributed by atoms with Crippen molar-refractivity contribution in [1.29, 1.82) is 0 Å². The van der Waals surface area contributed by atoms with Crippen molar-refractivity contribution in [3.8, 4) is 0 Å². The number of aryl methyl sites for hydroxylation is 1. The highest BCUT2D eigenvalue weighted by Gasteiger charge is 2.08. The maximum Gasteiger partial charge on any atom is 0.306 e. The van der Waals surface area contributed by atoms with E-state index >= 15 is 0 Å². The molecule has 0 aliphatic heterocycles. The Bertz CT molecular complexity index is 375. The van der Waals surface area contributed by atoms with E-state index in [-0.39, 0.29) is 0 Å². The zero-order chi connectivity index (χ0) is 9.19. The molecule has 0 spiro atoms. The Labute approximate surface area is 70.5 Å². The summed E-state index contributed by atoms with van der Waals surface area (Å²) in [5.74, 6) is -0.596. The second-order valence-electron chi connectivity index (χ2n) is 2.55. The van der Waals surface area contributed by atoms with Crippen molar-refractivity contribution in [2.45, 2.75) is 12.7 Å². The third-order valence-corrected chi connectivity index (χ3v) is 1.95. The van der Waals surface area contributed by atoms with Crippen molar-refractivity contribution >= 4 is 10.2 Å². The van der Waals surface area contributed by atoms with Gasteiger partial charge in [-0.3, -0.25) is 4.98 Å². The van der Waals surface area contributed by atoms with Crippen LogP contribution in [0, 0.1) is 6.92 Å². The van der Waals surface area contributed by atoms with E-state index < -0.39 is 16.0 Å². The van der Waals surface area contributed by atoms with E-state index in [1.165, 1.54) is 6.20 Å². The number of hydrogen-bond donors (Lipinski definition) is 0. The Morgan fingerprint density at radius 1 is 1.50 bits per heavy atom. The number of pyridine rings is 1. The van der Waals surface area contributed by atoms with Gasteiger partial charge in [0.05, 0.1) is 0 Å². The van der Waals surface area contributed by atoms with Gasteiger partial charge in [-0.2, -0.15) is 8.42 Å². The molecule has 1 heterocycles. The first-order valence-electron chi connectivity index (χ1n) is 3.30. The lowest BCUT2D eigenvalue weighted by atomic mass is 10.2. The summed E-state index contributed by atoms with van der Waals surface area (Å²) in [4.78, 5) is 3.74. The standard InChI is InChI=1S/C7H8FNO2S/c1-6-2-7(4-9-3-6)5-12(8,10)11/h2-4H,5H2,1H3. The Morgan fingerprint density at radius 2 is 2.17 bits per heavy atom. The second kappa shape index (κ2) is 3.18. The van der Waals surface area contributed by atoms with Crippen LogP contribution in [0.1, 0.15) is 11.1 Å². The van der Waals surface area contributed by atoms with Crippen LogP contribution in [0.15, 0.2) is 18.5 Å². The highest BCUT2D eigenvalue weighted by Crippen LogP contribution is 2.07. The smallest absolute Gasteiger partial charge is 0.264 e. The molecule has 0 fully saturated rings. The fourth-order valence-corrected chi connectivity index (χ4v) is 1.45. The Hall–Kier alpha value is -0.970. The van der Waals surface area contributed by atoms with E-state index in [0.717, 1.165) is 5.56 Å². The lowest BCUT2D eigenvalue weighted by Crippen LogP contribution is -1.96. The van der Waals surface area contributed by atoms with Crippen LogP contribution >= 0.6 is 0 Å². The van der Waals surface area contributed by atoms with Gasteiger partial charge in [-0.15, -0.1) is 3.89 Å². The summed E-state index contributed by atoms with van der Waals surface area (Å²) < 4.78 is 32.6. The van der Waals surface area contributed by atoms with E-state index in [4.69, 9.17) is 0 Å². The molecular weight excluding hydrogens is 181 g/mol. The minimum absolute atomic E-state index is 0.373. The van der Waals surface area contributed by atoms with Gasteiger partial charge in [-0.25, -0.2) is 0 Å². The maximum absolute atomic E-state index is 12.2. The maximum atomic E-state index is 12.2. The summed E-state index contributed by atoms with van der Waals surface area (Å²) >= 11 is 0. The van der Waals surface area contributed by atoms with Gasteiger partial charge in [0, 0.05) is 12.4 Å². The molecule has 1 rings (SSSR count). The zero-order valence-corrected chi connectivity index (χ0v) is 7.31. The average Bonchev–Trinajstić information content (AvgIpc) is 1.82. The van der Waals surface area contributed by atoms with Crippen molar-refractivity contribution in [1.82, 2.24) is 4.98 Å². The molecule has 0 aromatic carbocycles. The first-order valence-corrected chi connectivity index (χ1v) is 4.85. The summed E-state index contributed by atoms with van der Waals surface area (Å²) in [6, 6.07) is 1.59. The van der Waals surface area contributed by atoms with Crippen molar-refractivity contribution < 1.29 is 12.3 Å². The van der Waals surface area contributed by atoms with Crippen LogP contribution in [-0.2, 0) is 16.0 Å². The van der Waals surface area contributed by atoms with Crippen LogP contribution in [-0.4, -0.2) is 13.4 Å². The lowest BCUT2D eigenvalue weighted by molar-refractivity contribution is 0.551. The van der Waals surface area contributed by atoms with Crippen LogP contribution in [0.2, 0.25) is 0 Å². The quantitative estimate of drug-likeness (QED) is 0.656. The third kappa shape index (κ3) is 2.96. The highest BCUT2D eigenvalue weighted by atomic mass is 32.3. The Balaban J connectivity index is 2.91. The minimum atomic E-state index is -4.43. The minimum Gasteiger partial charge on any atom is -0.264 e. The van der Waals surface area contributed by atoms with Crippen LogP contribution in [0.5, 0.6) is 0 Å². The number of hydrogen-bond acceptors (Lipinski definition) is 3. The molecule has 0 aliphatic rings. The van der Waals surface area contributed by atoms with E-state index in [9.17, 15) is 12.3 Å². The first kappa shape index (κ1) is 9.12. The molecule has 0 N–H and O–H groups in total. The molecule has 5 heteroatoms. The van der Waals surface area contributed by atoms with Gasteiger partial charge in [0.25, 0.3) is 0 Å². The van der Waals surface area contributed by atoms with Crippen LogP contribution in [0.4, 0.5) is 3.89 Å². The van der Waals surface area contributed by atoms with Crippen LogP contribution in [0.3, 0.4) is 0 Å². The molecule has 66 valence electrons. The summed E-state index contributed by atoms with van der Waals surface area (Å²) in [5, 5.41) is 0. The molecule has 0 atom stereocenters. The second-order valence-corrected chi connectivity index (χ2v) is 3.92. The van der Waals surface area contributed by atoms with Gasteiger partial charge in [-0.05, 0) is 18.1 Å². The van der Waals surface area contributed by atoms with Gasteiger partial charge in [-0.1, -0.05) is 6.07 Å². The molecule has 0 amide bonds. The van der Waals surface area contributed by atoms with Gasteiger partial charge < -0.3 is 0 Å². The van der Waals surface area contributed by atoms with Crippen LogP contribution in [0.25, 0.3) is 0 Å². The van der Waals surface area contributed by atoms with Crippen molar-refractivity contribution in [3.63, 3.8) is 0 Å². The summed E-state index contributed by atoms with van der Waals surface area (Å²) in [5.41, 5.74) is 1.19. The molecular formula is C7H8FNO2S. The van der Waals surface area contributed by atoms with E-state index in [1.807, 2.05) is 0 Å². The molecule has 1 aromatic heterocycles. The molecule has 0 aliphatic carbocycles. The fourth-order valence-electron chi connectivity index (χ4n) is 0.896. The van der Waals surface area contributed by atoms with Crippen molar-refractivity contribution in [2.24, 2.45) is 0 Å². The monoisotopic (exact) mass is 189 g/mol. The zero-order valence-electron chi connectivity index (χ0n) is 6.49. The lowest BCUT2D eigenvalue weighted by Gasteiger charge is -1.96. The highest BCUT2D eigenvalue weighted by molar-refractivity contribution is 7.85. The summed E-state index contributed by atoms with van der Waals surface area (Å²) in [7, 11) is -4.43. The molecule has 12 heavy (non-hydrogen) atoms. The number of nitrogens with zero attached hydrogens (tertiary/aromatic N) is 1. The molecule has 0 unspecified atom stereocenters. The van der Waals surface area contributed by atoms with Gasteiger partial charge in [0.2, 0.25) is 0 Å². The van der Waals surface area contributed by atoms with E-state index in [1.54, 1.807) is 19.2 Å². The topological polar surface area (TPSA) is 47.0 Å².